The molecule has 1 aliphatic carbocycles. The zero-order chi connectivity index (χ0) is 15.2. The van der Waals surface area contributed by atoms with E-state index < -0.39 is 0 Å². The van der Waals surface area contributed by atoms with Gasteiger partial charge in [0, 0.05) is 31.1 Å². The van der Waals surface area contributed by atoms with Gasteiger partial charge in [0.2, 0.25) is 11.8 Å². The highest BCUT2D eigenvalue weighted by Crippen LogP contribution is 2.23. The van der Waals surface area contributed by atoms with E-state index in [4.69, 9.17) is 5.73 Å². The third-order valence-corrected chi connectivity index (χ3v) is 3.80. The summed E-state index contributed by atoms with van der Waals surface area (Å²) in [6.07, 6.45) is 3.74. The molecule has 1 fully saturated rings. The topological polar surface area (TPSA) is 84.2 Å². The molecule has 1 aromatic carbocycles. The highest BCUT2D eigenvalue weighted by atomic mass is 16.2. The van der Waals surface area contributed by atoms with Crippen molar-refractivity contribution in [3.8, 4) is 0 Å². The van der Waals surface area contributed by atoms with E-state index in [0.717, 1.165) is 36.9 Å². The third-order valence-electron chi connectivity index (χ3n) is 3.80. The largest absolute Gasteiger partial charge is 0.352 e. The first-order valence-electron chi connectivity index (χ1n) is 7.44. The Kier molecular flexibility index (Phi) is 5.33. The van der Waals surface area contributed by atoms with Crippen LogP contribution in [0.4, 0.5) is 5.69 Å². The van der Waals surface area contributed by atoms with Crippen LogP contribution in [-0.4, -0.2) is 17.9 Å². The lowest BCUT2D eigenvalue weighted by atomic mass is 9.85. The van der Waals surface area contributed by atoms with Crippen LogP contribution < -0.4 is 16.4 Å². The van der Waals surface area contributed by atoms with Crippen LogP contribution >= 0.6 is 0 Å². The lowest BCUT2D eigenvalue weighted by Crippen LogP contribution is -2.37. The maximum Gasteiger partial charge on any atom is 0.223 e. The summed E-state index contributed by atoms with van der Waals surface area (Å²) in [6.45, 7) is 1.94. The van der Waals surface area contributed by atoms with Crippen molar-refractivity contribution in [2.75, 3.05) is 5.32 Å². The van der Waals surface area contributed by atoms with Gasteiger partial charge in [0.15, 0.2) is 0 Å². The zero-order valence-corrected chi connectivity index (χ0v) is 12.4. The second-order valence-electron chi connectivity index (χ2n) is 5.72. The van der Waals surface area contributed by atoms with Gasteiger partial charge in [0.25, 0.3) is 0 Å². The summed E-state index contributed by atoms with van der Waals surface area (Å²) >= 11 is 0. The van der Waals surface area contributed by atoms with Gasteiger partial charge in [-0.1, -0.05) is 18.6 Å². The number of carbonyl (C=O) groups is 2. The summed E-state index contributed by atoms with van der Waals surface area (Å²) in [5.74, 6) is 0.00901. The molecule has 1 aromatic rings. The molecule has 0 aromatic heterocycles. The van der Waals surface area contributed by atoms with Crippen LogP contribution in [0.15, 0.2) is 24.3 Å². The lowest BCUT2D eigenvalue weighted by molar-refractivity contribution is -0.126. The van der Waals surface area contributed by atoms with E-state index in [9.17, 15) is 9.59 Å². The second kappa shape index (κ2) is 7.22. The number of nitrogens with one attached hydrogen (secondary N) is 2. The van der Waals surface area contributed by atoms with Gasteiger partial charge in [-0.05, 0) is 37.0 Å². The second-order valence-corrected chi connectivity index (χ2v) is 5.72. The summed E-state index contributed by atoms with van der Waals surface area (Å²) in [5.41, 5.74) is 7.63. The molecule has 0 radical (unpaired) electrons. The van der Waals surface area contributed by atoms with Crippen LogP contribution in [0, 0.1) is 5.92 Å². The predicted molar refractivity (Wildman–Crippen MR) is 82.5 cm³/mol. The first-order chi connectivity index (χ1) is 10.0. The smallest absolute Gasteiger partial charge is 0.223 e. The fraction of sp³-hybridized carbons (Fsp3) is 0.500. The molecular formula is C16H23N3O2. The van der Waals surface area contributed by atoms with Gasteiger partial charge in [-0.25, -0.2) is 0 Å². The van der Waals surface area contributed by atoms with Crippen molar-refractivity contribution in [1.82, 2.24) is 5.32 Å². The molecule has 0 heterocycles. The number of hydrogen-bond donors (Lipinski definition) is 3. The summed E-state index contributed by atoms with van der Waals surface area (Å²) < 4.78 is 0. The molecule has 21 heavy (non-hydrogen) atoms. The van der Waals surface area contributed by atoms with E-state index in [1.165, 1.54) is 6.92 Å². The number of benzene rings is 1. The number of carbonyl (C=O) groups excluding carboxylic acids is 2. The molecule has 5 heteroatoms. The minimum atomic E-state index is -0.104. The molecule has 0 saturated heterocycles. The Bertz CT molecular complexity index is 516. The zero-order valence-electron chi connectivity index (χ0n) is 12.4. The van der Waals surface area contributed by atoms with Crippen LogP contribution in [0.2, 0.25) is 0 Å². The highest BCUT2D eigenvalue weighted by molar-refractivity contribution is 5.88. The van der Waals surface area contributed by atoms with E-state index in [0.29, 0.717) is 6.54 Å². The van der Waals surface area contributed by atoms with Crippen molar-refractivity contribution in [1.29, 1.82) is 0 Å². The van der Waals surface area contributed by atoms with Crippen molar-refractivity contribution in [2.24, 2.45) is 11.7 Å². The molecule has 4 N–H and O–H groups in total. The molecule has 2 atom stereocenters. The Morgan fingerprint density at radius 1 is 1.33 bits per heavy atom. The Morgan fingerprint density at radius 3 is 2.86 bits per heavy atom. The Morgan fingerprint density at radius 2 is 2.14 bits per heavy atom. The first kappa shape index (κ1) is 15.5. The lowest BCUT2D eigenvalue weighted by Gasteiger charge is -2.25. The first-order valence-corrected chi connectivity index (χ1v) is 7.44. The van der Waals surface area contributed by atoms with Crippen molar-refractivity contribution in [2.45, 2.75) is 45.2 Å². The van der Waals surface area contributed by atoms with Gasteiger partial charge in [0.05, 0.1) is 0 Å². The molecule has 1 saturated carbocycles. The molecule has 5 nitrogen and oxygen atoms in total. The fourth-order valence-electron chi connectivity index (χ4n) is 2.76. The maximum atomic E-state index is 12.1. The maximum absolute atomic E-state index is 12.1. The van der Waals surface area contributed by atoms with Gasteiger partial charge in [-0.15, -0.1) is 0 Å². The van der Waals surface area contributed by atoms with Crippen molar-refractivity contribution in [3.05, 3.63) is 29.8 Å². The third kappa shape index (κ3) is 4.86. The standard InChI is InChI=1S/C16H23N3O2/c1-11(20)19-15-7-2-4-12(8-15)10-18-16(21)13-5-3-6-14(17)9-13/h2,4,7-8,13-14H,3,5-6,9-10,17H2,1H3,(H,18,21)(H,19,20). The molecule has 2 rings (SSSR count). The number of nitrogens with two attached hydrogens (primary N) is 1. The Labute approximate surface area is 125 Å². The van der Waals surface area contributed by atoms with Crippen molar-refractivity contribution in [3.63, 3.8) is 0 Å². The Hall–Kier alpha value is -1.88. The number of hydrogen-bond acceptors (Lipinski definition) is 3. The number of anilines is 1. The molecule has 1 aliphatic rings. The van der Waals surface area contributed by atoms with Gasteiger partial charge < -0.3 is 16.4 Å². The van der Waals surface area contributed by atoms with Gasteiger partial charge >= 0.3 is 0 Å². The van der Waals surface area contributed by atoms with Gasteiger partial charge in [0.1, 0.15) is 0 Å². The summed E-state index contributed by atoms with van der Waals surface area (Å²) in [5, 5.41) is 5.70. The number of amides is 2. The summed E-state index contributed by atoms with van der Waals surface area (Å²) in [7, 11) is 0. The van der Waals surface area contributed by atoms with Gasteiger partial charge in [-0.2, -0.15) is 0 Å². The van der Waals surface area contributed by atoms with Crippen molar-refractivity contribution < 1.29 is 9.59 Å². The minimum absolute atomic E-state index is 0.0345. The average molecular weight is 289 g/mol. The van der Waals surface area contributed by atoms with E-state index in [1.54, 1.807) is 0 Å². The average Bonchev–Trinajstić information content (AvgIpc) is 2.44. The highest BCUT2D eigenvalue weighted by Gasteiger charge is 2.24. The molecular weight excluding hydrogens is 266 g/mol. The SMILES string of the molecule is CC(=O)Nc1cccc(CNC(=O)C2CCCC(N)C2)c1. The van der Waals surface area contributed by atoms with Gasteiger partial charge in [-0.3, -0.25) is 9.59 Å². The van der Waals surface area contributed by atoms with Crippen LogP contribution in [-0.2, 0) is 16.1 Å². The molecule has 0 spiro atoms. The molecule has 0 bridgehead atoms. The normalized spacial score (nSPS) is 21.6. The summed E-state index contributed by atoms with van der Waals surface area (Å²) in [6, 6.07) is 7.64. The van der Waals surface area contributed by atoms with Crippen LogP contribution in [0.3, 0.4) is 0 Å². The Balaban J connectivity index is 1.87. The van der Waals surface area contributed by atoms with E-state index >= 15 is 0 Å². The van der Waals surface area contributed by atoms with E-state index in [2.05, 4.69) is 10.6 Å². The molecule has 0 aliphatic heterocycles. The summed E-state index contributed by atoms with van der Waals surface area (Å²) in [4.78, 5) is 23.2. The fourth-order valence-corrected chi connectivity index (χ4v) is 2.76. The minimum Gasteiger partial charge on any atom is -0.352 e. The number of rotatable bonds is 4. The molecule has 2 amide bonds. The van der Waals surface area contributed by atoms with Crippen LogP contribution in [0.1, 0.15) is 38.2 Å². The predicted octanol–water partition coefficient (Wildman–Crippen LogP) is 1.78. The van der Waals surface area contributed by atoms with E-state index in [-0.39, 0.29) is 23.8 Å². The van der Waals surface area contributed by atoms with E-state index in [1.807, 2.05) is 24.3 Å². The monoisotopic (exact) mass is 289 g/mol. The molecule has 2 unspecified atom stereocenters. The van der Waals surface area contributed by atoms with Crippen LogP contribution in [0.5, 0.6) is 0 Å². The van der Waals surface area contributed by atoms with Crippen molar-refractivity contribution >= 4 is 17.5 Å². The molecule has 114 valence electrons. The van der Waals surface area contributed by atoms with Crippen LogP contribution in [0.25, 0.3) is 0 Å². The quantitative estimate of drug-likeness (QED) is 0.790.